The Hall–Kier alpha value is -0.420. The van der Waals surface area contributed by atoms with E-state index in [1.165, 1.54) is 12.0 Å². The Balaban J connectivity index is 1.68. The molecule has 0 radical (unpaired) electrons. The Bertz CT molecular complexity index is 659. The first-order chi connectivity index (χ1) is 12.7. The topological polar surface area (TPSA) is 58.9 Å². The number of fused-ring (bicyclic) bond motifs is 2. The molecule has 4 heteroatoms. The average molecular weight is 377 g/mol. The number of rotatable bonds is 2. The summed E-state index contributed by atoms with van der Waals surface area (Å²) in [6.07, 6.45) is 7.72. The zero-order valence-corrected chi connectivity index (χ0v) is 17.2. The third-order valence-electron chi connectivity index (χ3n) is 9.60. The van der Waals surface area contributed by atoms with Gasteiger partial charge in [-0.15, -0.1) is 0 Å². The van der Waals surface area contributed by atoms with Gasteiger partial charge in [-0.1, -0.05) is 19.9 Å². The Morgan fingerprint density at radius 1 is 1.00 bits per heavy atom. The van der Waals surface area contributed by atoms with Crippen molar-refractivity contribution in [3.05, 3.63) is 12.2 Å². The van der Waals surface area contributed by atoms with Crippen molar-refractivity contribution in [3.63, 3.8) is 0 Å². The molecule has 8 atom stereocenters. The first-order valence-corrected chi connectivity index (χ1v) is 11.0. The lowest BCUT2D eigenvalue weighted by atomic mass is 9.35. The van der Waals surface area contributed by atoms with Gasteiger partial charge in [0, 0.05) is 24.0 Å². The van der Waals surface area contributed by atoms with Crippen molar-refractivity contribution in [2.24, 2.45) is 34.0 Å². The van der Waals surface area contributed by atoms with Crippen molar-refractivity contribution >= 4 is 0 Å². The molecule has 5 saturated carbocycles. The molecule has 5 unspecified atom stereocenters. The highest BCUT2D eigenvalue weighted by Gasteiger charge is 2.73. The predicted octanol–water partition coefficient (Wildman–Crippen LogP) is 3.66. The first-order valence-electron chi connectivity index (χ1n) is 11.0. The molecule has 152 valence electrons. The normalized spacial score (nSPS) is 55.7. The van der Waals surface area contributed by atoms with E-state index in [-0.39, 0.29) is 41.7 Å². The van der Waals surface area contributed by atoms with Crippen LogP contribution < -0.4 is 0 Å². The van der Waals surface area contributed by atoms with E-state index in [1.807, 2.05) is 13.8 Å². The molecule has 6 fully saturated rings. The monoisotopic (exact) mass is 376 g/mol. The number of hydrogen-bond acceptors (Lipinski definition) is 4. The largest absolute Gasteiger partial charge is 0.396 e. The standard InChI is InChI=1S/C23H36O4/c1-14-15-6-9-23-17(10-15)22(13-25)8-5-7-21(4,12-24)16(22)11-18(23)26-20(2,3)27-19(14)23/h15-19,24-25H,1,5-13H2,2-4H3/t15-,16?,17?,18+,19-,21?,22?,23?/m0/s1. The molecule has 2 N–H and O–H groups in total. The van der Waals surface area contributed by atoms with Crippen LogP contribution in [0.15, 0.2) is 12.2 Å². The molecule has 2 bridgehead atoms. The van der Waals surface area contributed by atoms with E-state index in [1.54, 1.807) is 0 Å². The number of aliphatic hydroxyl groups excluding tert-OH is 2. The number of ether oxygens (including phenoxy) is 2. The van der Waals surface area contributed by atoms with Crippen LogP contribution in [-0.2, 0) is 9.47 Å². The second-order valence-corrected chi connectivity index (χ2v) is 11.1. The van der Waals surface area contributed by atoms with Gasteiger partial charge in [0.05, 0.1) is 12.2 Å². The minimum Gasteiger partial charge on any atom is -0.396 e. The Labute approximate surface area is 163 Å². The highest BCUT2D eigenvalue weighted by Crippen LogP contribution is 2.74. The van der Waals surface area contributed by atoms with Crippen molar-refractivity contribution in [3.8, 4) is 0 Å². The van der Waals surface area contributed by atoms with Gasteiger partial charge >= 0.3 is 0 Å². The van der Waals surface area contributed by atoms with Crippen LogP contribution in [0.3, 0.4) is 0 Å². The fourth-order valence-corrected chi connectivity index (χ4v) is 8.47. The minimum absolute atomic E-state index is 0.0473. The fraction of sp³-hybridized carbons (Fsp3) is 0.913. The van der Waals surface area contributed by atoms with Crippen molar-refractivity contribution < 1.29 is 19.7 Å². The second-order valence-electron chi connectivity index (χ2n) is 11.1. The average Bonchev–Trinajstić information content (AvgIpc) is 2.64. The molecule has 0 aromatic carbocycles. The molecular weight excluding hydrogens is 340 g/mol. The van der Waals surface area contributed by atoms with E-state index in [2.05, 4.69) is 13.5 Å². The summed E-state index contributed by atoms with van der Waals surface area (Å²) in [5.74, 6) is 0.599. The zero-order valence-electron chi connectivity index (χ0n) is 17.2. The molecule has 0 aromatic heterocycles. The molecule has 1 heterocycles. The van der Waals surface area contributed by atoms with Crippen LogP contribution in [0.2, 0.25) is 0 Å². The summed E-state index contributed by atoms with van der Waals surface area (Å²) in [5, 5.41) is 21.1. The third-order valence-corrected chi connectivity index (χ3v) is 9.60. The molecule has 0 aromatic rings. The van der Waals surface area contributed by atoms with E-state index in [4.69, 9.17) is 9.47 Å². The van der Waals surface area contributed by atoms with E-state index in [0.29, 0.717) is 17.8 Å². The summed E-state index contributed by atoms with van der Waals surface area (Å²) in [7, 11) is 0. The first kappa shape index (κ1) is 18.6. The summed E-state index contributed by atoms with van der Waals surface area (Å²) in [5.41, 5.74) is 0.982. The number of hydrogen-bond donors (Lipinski definition) is 2. The summed E-state index contributed by atoms with van der Waals surface area (Å²) in [4.78, 5) is 0. The Morgan fingerprint density at radius 2 is 1.78 bits per heavy atom. The van der Waals surface area contributed by atoms with Gasteiger partial charge in [-0.05, 0) is 81.1 Å². The van der Waals surface area contributed by atoms with Gasteiger partial charge in [0.25, 0.3) is 0 Å². The summed E-state index contributed by atoms with van der Waals surface area (Å²) >= 11 is 0. The van der Waals surface area contributed by atoms with Gasteiger partial charge in [-0.2, -0.15) is 0 Å². The van der Waals surface area contributed by atoms with Crippen LogP contribution in [0, 0.1) is 34.0 Å². The lowest BCUT2D eigenvalue weighted by Crippen LogP contribution is -2.75. The van der Waals surface area contributed by atoms with Crippen molar-refractivity contribution in [2.45, 2.75) is 83.7 Å². The van der Waals surface area contributed by atoms with E-state index < -0.39 is 5.79 Å². The summed E-state index contributed by atoms with van der Waals surface area (Å²) in [6, 6.07) is 0. The predicted molar refractivity (Wildman–Crippen MR) is 103 cm³/mol. The molecule has 1 aliphatic heterocycles. The van der Waals surface area contributed by atoms with Crippen LogP contribution in [-0.4, -0.2) is 41.4 Å². The zero-order chi connectivity index (χ0) is 19.2. The molecule has 1 spiro atoms. The van der Waals surface area contributed by atoms with Crippen molar-refractivity contribution in [2.75, 3.05) is 13.2 Å². The molecule has 27 heavy (non-hydrogen) atoms. The second kappa shape index (κ2) is 5.59. The summed E-state index contributed by atoms with van der Waals surface area (Å²) in [6.45, 7) is 11.2. The van der Waals surface area contributed by atoms with E-state index >= 15 is 0 Å². The molecule has 0 amide bonds. The lowest BCUT2D eigenvalue weighted by molar-refractivity contribution is -0.397. The van der Waals surface area contributed by atoms with Crippen LogP contribution in [0.25, 0.3) is 0 Å². The van der Waals surface area contributed by atoms with Crippen molar-refractivity contribution in [1.29, 1.82) is 0 Å². The molecule has 1 saturated heterocycles. The smallest absolute Gasteiger partial charge is 0.163 e. The SMILES string of the molecule is C=C1[C@H]2CCC34C(C2)C2(CO)CCCC(C)(CO)C2C[C@H]3OC(C)(C)O[C@@H]14. The van der Waals surface area contributed by atoms with Gasteiger partial charge in [0.1, 0.15) is 0 Å². The van der Waals surface area contributed by atoms with Gasteiger partial charge in [0.15, 0.2) is 5.79 Å². The van der Waals surface area contributed by atoms with Gasteiger partial charge in [-0.3, -0.25) is 0 Å². The van der Waals surface area contributed by atoms with Crippen LogP contribution in [0.5, 0.6) is 0 Å². The lowest BCUT2D eigenvalue weighted by Gasteiger charge is -2.74. The summed E-state index contributed by atoms with van der Waals surface area (Å²) < 4.78 is 13.2. The van der Waals surface area contributed by atoms with Gasteiger partial charge in [-0.25, -0.2) is 0 Å². The van der Waals surface area contributed by atoms with Crippen LogP contribution in [0.1, 0.15) is 65.7 Å². The Morgan fingerprint density at radius 3 is 2.48 bits per heavy atom. The fourth-order valence-electron chi connectivity index (χ4n) is 8.47. The van der Waals surface area contributed by atoms with Crippen LogP contribution >= 0.6 is 0 Å². The van der Waals surface area contributed by atoms with Crippen molar-refractivity contribution in [1.82, 2.24) is 0 Å². The maximum Gasteiger partial charge on any atom is 0.163 e. The molecule has 4 nitrogen and oxygen atoms in total. The molecule has 6 aliphatic rings. The number of aliphatic hydroxyl groups is 2. The van der Waals surface area contributed by atoms with Gasteiger partial charge < -0.3 is 19.7 Å². The molecule has 5 aliphatic carbocycles. The van der Waals surface area contributed by atoms with Gasteiger partial charge in [0.2, 0.25) is 0 Å². The highest BCUT2D eigenvalue weighted by atomic mass is 16.7. The van der Waals surface area contributed by atoms with Crippen LogP contribution in [0.4, 0.5) is 0 Å². The minimum atomic E-state index is -0.602. The quantitative estimate of drug-likeness (QED) is 0.722. The van der Waals surface area contributed by atoms with E-state index in [9.17, 15) is 10.2 Å². The molecule has 6 rings (SSSR count). The maximum absolute atomic E-state index is 10.8. The third kappa shape index (κ3) is 2.14. The highest BCUT2D eigenvalue weighted by molar-refractivity contribution is 5.30. The maximum atomic E-state index is 10.8. The van der Waals surface area contributed by atoms with E-state index in [0.717, 1.165) is 38.5 Å². The Kier molecular flexibility index (Phi) is 3.85. The molecular formula is C23H36O4.